The van der Waals surface area contributed by atoms with E-state index in [9.17, 15) is 5.11 Å². The van der Waals surface area contributed by atoms with Gasteiger partial charge in [0.2, 0.25) is 0 Å². The number of rotatable bonds is 6. The van der Waals surface area contributed by atoms with Crippen LogP contribution in [0.5, 0.6) is 5.75 Å². The molecule has 2 aromatic carbocycles. The van der Waals surface area contributed by atoms with Crippen molar-refractivity contribution < 1.29 is 5.11 Å². The van der Waals surface area contributed by atoms with E-state index in [1.165, 1.54) is 11.1 Å². The summed E-state index contributed by atoms with van der Waals surface area (Å²) in [5.74, 6) is 0.774. The van der Waals surface area contributed by atoms with E-state index in [0.29, 0.717) is 11.7 Å². The van der Waals surface area contributed by atoms with E-state index < -0.39 is 0 Å². The average Bonchev–Trinajstić information content (AvgIpc) is 2.44. The number of aromatic hydroxyl groups is 1. The monoisotopic (exact) mass is 255 g/mol. The molecule has 2 N–H and O–H groups in total. The van der Waals surface area contributed by atoms with Gasteiger partial charge in [0.15, 0.2) is 0 Å². The van der Waals surface area contributed by atoms with Gasteiger partial charge in [0.25, 0.3) is 0 Å². The van der Waals surface area contributed by atoms with E-state index in [0.717, 1.165) is 19.5 Å². The second-order valence-corrected chi connectivity index (χ2v) is 4.79. The van der Waals surface area contributed by atoms with Crippen LogP contribution >= 0.6 is 0 Å². The second kappa shape index (κ2) is 6.95. The Morgan fingerprint density at radius 3 is 2.53 bits per heavy atom. The van der Waals surface area contributed by atoms with Gasteiger partial charge in [-0.3, -0.25) is 0 Å². The largest absolute Gasteiger partial charge is 0.508 e. The van der Waals surface area contributed by atoms with Crippen molar-refractivity contribution in [3.8, 4) is 5.75 Å². The molecule has 0 heterocycles. The smallest absolute Gasteiger partial charge is 0.115 e. The Balaban J connectivity index is 2.14. The lowest BCUT2D eigenvalue weighted by atomic mass is 9.92. The summed E-state index contributed by atoms with van der Waals surface area (Å²) in [5, 5.41) is 13.0. The molecule has 0 aliphatic rings. The van der Waals surface area contributed by atoms with Gasteiger partial charge in [-0.05, 0) is 36.2 Å². The van der Waals surface area contributed by atoms with E-state index in [1.807, 2.05) is 18.2 Å². The lowest BCUT2D eigenvalue weighted by molar-refractivity contribution is 0.474. The van der Waals surface area contributed by atoms with Gasteiger partial charge in [0.05, 0.1) is 0 Å². The number of nitrogens with one attached hydrogen (secondary N) is 1. The molecular weight excluding hydrogens is 234 g/mol. The molecule has 0 aliphatic heterocycles. The van der Waals surface area contributed by atoms with Crippen molar-refractivity contribution in [1.82, 2.24) is 5.32 Å². The third kappa shape index (κ3) is 4.11. The Kier molecular flexibility index (Phi) is 4.99. The third-order valence-corrected chi connectivity index (χ3v) is 3.30. The molecule has 0 saturated heterocycles. The van der Waals surface area contributed by atoms with Crippen molar-refractivity contribution in [2.75, 3.05) is 13.1 Å². The van der Waals surface area contributed by atoms with Gasteiger partial charge in [-0.15, -0.1) is 0 Å². The normalized spacial score (nSPS) is 12.3. The maximum atomic E-state index is 9.56. The minimum absolute atomic E-state index is 0.341. The van der Waals surface area contributed by atoms with Gasteiger partial charge in [0.1, 0.15) is 5.75 Å². The summed E-state index contributed by atoms with van der Waals surface area (Å²) in [6, 6.07) is 18.1. The summed E-state index contributed by atoms with van der Waals surface area (Å²) < 4.78 is 0. The predicted molar refractivity (Wildman–Crippen MR) is 79.5 cm³/mol. The molecule has 0 spiro atoms. The molecule has 2 rings (SSSR count). The van der Waals surface area contributed by atoms with Crippen LogP contribution < -0.4 is 5.32 Å². The van der Waals surface area contributed by atoms with Gasteiger partial charge in [-0.2, -0.15) is 0 Å². The third-order valence-electron chi connectivity index (χ3n) is 3.30. The summed E-state index contributed by atoms with van der Waals surface area (Å²) in [4.78, 5) is 0. The Morgan fingerprint density at radius 1 is 1.05 bits per heavy atom. The molecule has 0 aliphatic carbocycles. The fourth-order valence-electron chi connectivity index (χ4n) is 2.32. The van der Waals surface area contributed by atoms with Crippen LogP contribution in [0.15, 0.2) is 54.6 Å². The van der Waals surface area contributed by atoms with Gasteiger partial charge >= 0.3 is 0 Å². The summed E-state index contributed by atoms with van der Waals surface area (Å²) in [6.07, 6.45) is 0.936. The molecule has 0 fully saturated rings. The zero-order valence-electron chi connectivity index (χ0n) is 11.3. The molecule has 2 heteroatoms. The number of phenols is 1. The Morgan fingerprint density at radius 2 is 1.84 bits per heavy atom. The van der Waals surface area contributed by atoms with E-state index in [2.05, 4.69) is 42.6 Å². The first-order valence-corrected chi connectivity index (χ1v) is 6.83. The van der Waals surface area contributed by atoms with E-state index in [1.54, 1.807) is 6.07 Å². The molecule has 0 bridgehead atoms. The molecule has 0 amide bonds. The maximum Gasteiger partial charge on any atom is 0.115 e. The van der Waals surface area contributed by atoms with E-state index in [-0.39, 0.29) is 0 Å². The second-order valence-electron chi connectivity index (χ2n) is 4.79. The maximum absolute atomic E-state index is 9.56. The fraction of sp³-hybridized carbons (Fsp3) is 0.294. The summed E-state index contributed by atoms with van der Waals surface area (Å²) in [6.45, 7) is 4.05. The fourth-order valence-corrected chi connectivity index (χ4v) is 2.32. The first kappa shape index (κ1) is 13.6. The van der Waals surface area contributed by atoms with Crippen LogP contribution in [0.3, 0.4) is 0 Å². The lowest BCUT2D eigenvalue weighted by Crippen LogP contribution is -2.22. The Hall–Kier alpha value is -1.80. The molecule has 2 nitrogen and oxygen atoms in total. The number of benzene rings is 2. The summed E-state index contributed by atoms with van der Waals surface area (Å²) in [7, 11) is 0. The highest BCUT2D eigenvalue weighted by Gasteiger charge is 2.11. The van der Waals surface area contributed by atoms with Crippen molar-refractivity contribution in [1.29, 1.82) is 0 Å². The van der Waals surface area contributed by atoms with E-state index in [4.69, 9.17) is 0 Å². The highest BCUT2D eigenvalue weighted by Crippen LogP contribution is 2.22. The highest BCUT2D eigenvalue weighted by atomic mass is 16.3. The number of phenolic OH excluding ortho intramolecular Hbond substituents is 1. The summed E-state index contributed by atoms with van der Waals surface area (Å²) in [5.41, 5.74) is 2.51. The number of hydrogen-bond acceptors (Lipinski definition) is 2. The van der Waals surface area contributed by atoms with Crippen LogP contribution in [0.4, 0.5) is 0 Å². The van der Waals surface area contributed by atoms with Crippen molar-refractivity contribution in [3.05, 3.63) is 65.7 Å². The van der Waals surface area contributed by atoms with Crippen molar-refractivity contribution in [2.24, 2.45) is 0 Å². The van der Waals surface area contributed by atoms with Gasteiger partial charge < -0.3 is 10.4 Å². The van der Waals surface area contributed by atoms with Crippen LogP contribution in [0, 0.1) is 0 Å². The van der Waals surface area contributed by atoms with Crippen molar-refractivity contribution >= 4 is 0 Å². The minimum Gasteiger partial charge on any atom is -0.508 e. The molecular formula is C17H21NO. The Labute approximate surface area is 115 Å². The average molecular weight is 255 g/mol. The molecule has 1 unspecified atom stereocenters. The quantitative estimate of drug-likeness (QED) is 0.830. The van der Waals surface area contributed by atoms with Gasteiger partial charge in [0, 0.05) is 12.5 Å². The number of hydrogen-bond donors (Lipinski definition) is 2. The zero-order chi connectivity index (χ0) is 13.5. The van der Waals surface area contributed by atoms with Crippen molar-refractivity contribution in [3.63, 3.8) is 0 Å². The van der Waals surface area contributed by atoms with E-state index >= 15 is 0 Å². The van der Waals surface area contributed by atoms with Gasteiger partial charge in [-0.25, -0.2) is 0 Å². The zero-order valence-corrected chi connectivity index (χ0v) is 11.3. The first-order valence-electron chi connectivity index (χ1n) is 6.83. The van der Waals surface area contributed by atoms with Crippen molar-refractivity contribution in [2.45, 2.75) is 19.3 Å². The predicted octanol–water partition coefficient (Wildman–Crippen LogP) is 3.33. The van der Waals surface area contributed by atoms with Crippen LogP contribution in [0.2, 0.25) is 0 Å². The van der Waals surface area contributed by atoms with Crippen LogP contribution in [-0.4, -0.2) is 18.2 Å². The van der Waals surface area contributed by atoms with Crippen LogP contribution in [-0.2, 0) is 6.42 Å². The van der Waals surface area contributed by atoms with Gasteiger partial charge in [-0.1, -0.05) is 49.4 Å². The molecule has 1 atom stereocenters. The molecule has 100 valence electrons. The Bertz CT molecular complexity index is 496. The molecule has 0 radical (unpaired) electrons. The lowest BCUT2D eigenvalue weighted by Gasteiger charge is -2.18. The summed E-state index contributed by atoms with van der Waals surface area (Å²) >= 11 is 0. The molecule has 2 aromatic rings. The standard InChI is InChI=1S/C17H21NO/c1-2-18-13-16(15-8-4-3-5-9-15)11-14-7-6-10-17(19)12-14/h3-10,12,16,18-19H,2,11,13H2,1H3. The first-order chi connectivity index (χ1) is 9.29. The van der Waals surface area contributed by atoms with Crippen LogP contribution in [0.1, 0.15) is 24.0 Å². The molecule has 19 heavy (non-hydrogen) atoms. The molecule has 0 saturated carbocycles. The topological polar surface area (TPSA) is 32.3 Å². The minimum atomic E-state index is 0.341. The number of likely N-dealkylation sites (N-methyl/N-ethyl adjacent to an activating group) is 1. The van der Waals surface area contributed by atoms with Crippen LogP contribution in [0.25, 0.3) is 0 Å². The highest BCUT2D eigenvalue weighted by molar-refractivity contribution is 5.30. The molecule has 0 aromatic heterocycles. The SMILES string of the molecule is CCNCC(Cc1cccc(O)c1)c1ccccc1.